The maximum Gasteiger partial charge on any atom is 0.361 e. The molecular formula is C64H71N24O8PS2. The van der Waals surface area contributed by atoms with E-state index in [0.717, 1.165) is 56.9 Å². The molecule has 0 aliphatic rings. The smallest absolute Gasteiger partial charge is 0.361 e. The highest BCUT2D eigenvalue weighted by molar-refractivity contribution is 7.95. The number of rotatable bonds is 19. The van der Waals surface area contributed by atoms with Gasteiger partial charge in [-0.1, -0.05) is 24.3 Å². The molecule has 2 atom stereocenters. The number of hydrogen-bond donors (Lipinski definition) is 11. The third-order valence-electron chi connectivity index (χ3n) is 14.0. The summed E-state index contributed by atoms with van der Waals surface area (Å²) in [4.78, 5) is 71.7. The van der Waals surface area contributed by atoms with Gasteiger partial charge in [0, 0.05) is 35.4 Å². The van der Waals surface area contributed by atoms with E-state index in [0.29, 0.717) is 123 Å². The molecule has 12 aromatic rings. The number of aryl methyl sites for hydroxylation is 5. The molecule has 512 valence electrons. The number of fused-ring (bicyclic) bond motifs is 4. The number of nitrogens with zero attached hydrogens (tertiary/aromatic N) is 14. The van der Waals surface area contributed by atoms with Crippen molar-refractivity contribution in [1.82, 2.24) is 74.5 Å². The number of hydrogen-bond acceptors (Lipinski definition) is 30. The van der Waals surface area contributed by atoms with Crippen molar-refractivity contribution in [1.29, 1.82) is 0 Å². The van der Waals surface area contributed by atoms with Gasteiger partial charge in [0.05, 0.1) is 101 Å². The quantitative estimate of drug-likeness (QED) is 0.0229. The van der Waals surface area contributed by atoms with Gasteiger partial charge in [-0.05, 0) is 142 Å². The number of carbonyl (C=O) groups is 1. The predicted octanol–water partition coefficient (Wildman–Crippen LogP) is 6.67. The Labute approximate surface area is 568 Å². The zero-order valence-corrected chi connectivity index (χ0v) is 57.0. The summed E-state index contributed by atoms with van der Waals surface area (Å²) < 4.78 is 68.0. The van der Waals surface area contributed by atoms with E-state index in [1.165, 1.54) is 19.2 Å². The molecule has 7 heterocycles. The summed E-state index contributed by atoms with van der Waals surface area (Å²) in [5.74, 6) is 4.44. The number of carbonyl (C=O) groups excluding carboxylic acids is 1. The summed E-state index contributed by atoms with van der Waals surface area (Å²) >= 11 is 0. The molecule has 2 unspecified atom stereocenters. The summed E-state index contributed by atoms with van der Waals surface area (Å²) in [6.07, 6.45) is 8.85. The second-order valence-electron chi connectivity index (χ2n) is 21.9. The van der Waals surface area contributed by atoms with E-state index in [1.807, 2.05) is 48.0 Å². The highest BCUT2D eigenvalue weighted by Crippen LogP contribution is 2.46. The van der Waals surface area contributed by atoms with Crippen molar-refractivity contribution in [2.75, 3.05) is 70.3 Å². The lowest BCUT2D eigenvalue weighted by molar-refractivity contribution is 0.0981. The summed E-state index contributed by atoms with van der Waals surface area (Å²) in [6.45, 7) is 8.86. The lowest BCUT2D eigenvalue weighted by Crippen LogP contribution is -2.29. The molecule has 0 saturated carbocycles. The van der Waals surface area contributed by atoms with E-state index < -0.39 is 33.3 Å². The molecule has 0 radical (unpaired) electrons. The molecule has 0 fully saturated rings. The molecule has 0 saturated heterocycles. The second-order valence-corrected chi connectivity index (χ2v) is 27.5. The van der Waals surface area contributed by atoms with E-state index in [9.17, 15) is 26.5 Å². The van der Waals surface area contributed by atoms with Crippen LogP contribution in [0, 0.1) is 20.8 Å². The topological polar surface area (TPSA) is 509 Å². The molecule has 35 heteroatoms. The minimum atomic E-state index is -3.63. The van der Waals surface area contributed by atoms with Crippen LogP contribution in [-0.4, -0.2) is 119 Å². The van der Waals surface area contributed by atoms with Crippen LogP contribution in [0.1, 0.15) is 62.8 Å². The third kappa shape index (κ3) is 19.8. The number of nitrogens with one attached hydrogen (secondary N) is 4. The van der Waals surface area contributed by atoms with Gasteiger partial charge in [-0.25, -0.2) is 72.2 Å². The average Bonchev–Trinajstić information content (AvgIpc) is 0.832. The van der Waals surface area contributed by atoms with Gasteiger partial charge in [-0.3, -0.25) is 14.3 Å². The molecule has 5 aromatic carbocycles. The molecule has 0 aliphatic carbocycles. The summed E-state index contributed by atoms with van der Waals surface area (Å²) in [5, 5.41) is 10.1. The van der Waals surface area contributed by atoms with Gasteiger partial charge < -0.3 is 64.0 Å². The van der Waals surface area contributed by atoms with Crippen LogP contribution >= 0.6 is 7.60 Å². The van der Waals surface area contributed by atoms with Crippen LogP contribution in [-0.2, 0) is 65.9 Å². The largest absolute Gasteiger partial charge is 0.399 e. The number of nitrogens with two attached hydrogens (primary N) is 6. The van der Waals surface area contributed by atoms with E-state index >= 15 is 0 Å². The van der Waals surface area contributed by atoms with Crippen LogP contribution < -0.4 is 60.4 Å². The Morgan fingerprint density at radius 2 is 1.07 bits per heavy atom. The molecule has 17 N–H and O–H groups in total. The molecular weight excluding hydrogens is 1330 g/mol. The third-order valence-corrected chi connectivity index (χ3v) is 17.5. The van der Waals surface area contributed by atoms with Crippen LogP contribution in [0.25, 0.3) is 44.5 Å². The fourth-order valence-electron chi connectivity index (χ4n) is 9.37. The number of anilines is 9. The zero-order valence-electron chi connectivity index (χ0n) is 54.4. The van der Waals surface area contributed by atoms with Gasteiger partial charge in [0.1, 0.15) is 27.0 Å². The number of amides is 1. The molecule has 1 amide bonds. The van der Waals surface area contributed by atoms with Crippen molar-refractivity contribution >= 4 is 141 Å². The Kier molecular flexibility index (Phi) is 22.9. The van der Waals surface area contributed by atoms with Gasteiger partial charge in [0.2, 0.25) is 16.0 Å². The lowest BCUT2D eigenvalue weighted by Gasteiger charge is -2.16. The van der Waals surface area contributed by atoms with Crippen molar-refractivity contribution in [2.45, 2.75) is 65.1 Å². The first kappa shape index (κ1) is 71.7. The van der Waals surface area contributed by atoms with Crippen molar-refractivity contribution in [3.05, 3.63) is 185 Å². The van der Waals surface area contributed by atoms with E-state index in [2.05, 4.69) is 91.6 Å². The van der Waals surface area contributed by atoms with Crippen LogP contribution in [0.5, 0.6) is 0 Å². The predicted molar refractivity (Wildman–Crippen MR) is 385 cm³/mol. The van der Waals surface area contributed by atoms with Gasteiger partial charge in [-0.15, -0.1) is 0 Å². The van der Waals surface area contributed by atoms with Gasteiger partial charge in [-0.2, -0.15) is 9.97 Å². The van der Waals surface area contributed by atoms with Crippen LogP contribution in [0.3, 0.4) is 0 Å². The normalized spacial score (nSPS) is 12.4. The minimum absolute atomic E-state index is 0.0630. The first-order valence-corrected chi connectivity index (χ1v) is 35.1. The number of nitrogen functional groups attached to an aromatic ring is 6. The Balaban J connectivity index is 0.000000155. The van der Waals surface area contributed by atoms with Gasteiger partial charge in [0.15, 0.2) is 50.9 Å². The van der Waals surface area contributed by atoms with Crippen molar-refractivity contribution in [3.8, 4) is 0 Å². The monoisotopic (exact) mass is 1400 g/mol. The molecule has 0 bridgehead atoms. The highest BCUT2D eigenvalue weighted by Gasteiger charge is 2.25. The fraction of sp³-hybridized carbons (Fsp3) is 0.188. The molecule has 7 aromatic heterocycles. The standard InChI is InChI=1S/C17H21N6O3P.C16H17N7O3S.C16H17N5.C15H16N6O2S/c1-4-26-27(24,25-3)14-7-5-12(6-8-14)19-9-13-10-20-17-15(23-13)16(18)21-11(2)22-17;1-9-20-14(17)13-15(21-9)19-8-12(22-13)7-18-11-5-3-4-10(6-11)16(24)23-27(2,25)26;1-10-5-14(18)16-15(6-10)20-9-13(21-16)8-19-12-4-2-3-11(17)7-12;1-24(22,23)11-6-3-9(4-7-11)2-5-10-8-18-14-12(19-10)13(16)20-15(17)21-14/h5-8,10,19H,4,9H2,1-3H3,(H2,18,20,21,22);3-6,8,18H,7H2,1-2H3,(H,23,24)(H2,17,19,20,21);2-7,9,19H,8,17-18H2,1H3;3-4,6-8H,1-2,5H2,(H,22,23)(H4,16,17,18,20,21). The summed E-state index contributed by atoms with van der Waals surface area (Å²) in [6, 6.07) is 31.7. The first-order chi connectivity index (χ1) is 47.1. The molecule has 12 rings (SSSR count). The lowest BCUT2D eigenvalue weighted by atomic mass is 10.1. The minimum Gasteiger partial charge on any atom is -0.399 e. The summed E-state index contributed by atoms with van der Waals surface area (Å²) in [7, 11) is -8.70. The second kappa shape index (κ2) is 31.5. The van der Waals surface area contributed by atoms with Crippen LogP contribution in [0.4, 0.5) is 51.8 Å². The van der Waals surface area contributed by atoms with Crippen molar-refractivity contribution < 1.29 is 35.6 Å². The summed E-state index contributed by atoms with van der Waals surface area (Å²) in [5.41, 5.74) is 48.0. The molecule has 32 nitrogen and oxygen atoms in total. The zero-order chi connectivity index (χ0) is 71.2. The molecule has 0 aliphatic heterocycles. The van der Waals surface area contributed by atoms with Crippen molar-refractivity contribution in [3.63, 3.8) is 0 Å². The Morgan fingerprint density at radius 3 is 1.62 bits per heavy atom. The highest BCUT2D eigenvalue weighted by atomic mass is 32.2. The van der Waals surface area contributed by atoms with Gasteiger partial charge >= 0.3 is 7.60 Å². The average molecular weight is 1400 g/mol. The van der Waals surface area contributed by atoms with Gasteiger partial charge in [0.25, 0.3) is 5.91 Å². The van der Waals surface area contributed by atoms with Crippen LogP contribution in [0.15, 0.2) is 139 Å². The number of aromatic nitrogens is 14. The van der Waals surface area contributed by atoms with E-state index in [-0.39, 0.29) is 23.1 Å². The maximum atomic E-state index is 12.5. The Bertz CT molecular complexity index is 5220. The number of benzene rings is 5. The molecule has 0 spiro atoms. The fourth-order valence-corrected chi connectivity index (χ4v) is 11.7. The van der Waals surface area contributed by atoms with E-state index in [1.54, 1.807) is 106 Å². The Morgan fingerprint density at radius 1 is 0.566 bits per heavy atom. The van der Waals surface area contributed by atoms with Crippen LogP contribution in [0.2, 0.25) is 0 Å². The SMILES string of the molecule is C=S(=O)(O)c1ccc(CCc2cnc3nc(N)nc(N)c3n2)cc1.CCOP(=O)(OC)c1ccc(NCc2cnc3nc(C)nc(N)c3n2)cc1.Cc1cc(N)c2nc(CNc3cccc(N)c3)cnc2c1.Cc1nc(N)c2nc(CNc3cccc(C(=O)NS(C)(=O)=O)c3)cnc2n1. The Hall–Kier alpha value is -11.6. The van der Waals surface area contributed by atoms with Crippen molar-refractivity contribution in [2.24, 2.45) is 0 Å². The number of sulfonamides is 1. The first-order valence-electron chi connectivity index (χ1n) is 30.0. The maximum absolute atomic E-state index is 12.5. The van der Waals surface area contributed by atoms with E-state index in [4.69, 9.17) is 43.4 Å². The molecule has 99 heavy (non-hydrogen) atoms.